The number of carbonyl (C=O) groups is 1. The summed E-state index contributed by atoms with van der Waals surface area (Å²) in [5.74, 6) is 1.55. The summed E-state index contributed by atoms with van der Waals surface area (Å²) in [5, 5.41) is 4.27. The fourth-order valence-corrected chi connectivity index (χ4v) is 3.93. The molecule has 0 N–H and O–H groups in total. The molecule has 1 fully saturated rings. The minimum absolute atomic E-state index is 0.137. The van der Waals surface area contributed by atoms with E-state index in [9.17, 15) is 4.79 Å². The molecule has 5 nitrogen and oxygen atoms in total. The number of benzene rings is 2. The lowest BCUT2D eigenvalue weighted by Crippen LogP contribution is -2.38. The lowest BCUT2D eigenvalue weighted by molar-refractivity contribution is -0.121. The van der Waals surface area contributed by atoms with Gasteiger partial charge in [0.05, 0.1) is 18.2 Å². The zero-order valence-corrected chi connectivity index (χ0v) is 15.1. The van der Waals surface area contributed by atoms with Crippen molar-refractivity contribution in [1.29, 1.82) is 0 Å². The van der Waals surface area contributed by atoms with Crippen LogP contribution in [0.2, 0.25) is 0 Å². The average Bonchev–Trinajstić information content (AvgIpc) is 3.18. The van der Waals surface area contributed by atoms with Crippen molar-refractivity contribution in [2.45, 2.75) is 24.7 Å². The summed E-state index contributed by atoms with van der Waals surface area (Å²) in [6, 6.07) is 17.7. The van der Waals surface area contributed by atoms with E-state index in [4.69, 9.17) is 9.26 Å². The molecule has 1 saturated carbocycles. The molecule has 1 amide bonds. The summed E-state index contributed by atoms with van der Waals surface area (Å²) in [6.45, 7) is 0.737. The highest BCUT2D eigenvalue weighted by molar-refractivity contribution is 6.04. The molecule has 0 unspecified atom stereocenters. The second-order valence-electron chi connectivity index (χ2n) is 7.23. The molecule has 0 spiro atoms. The number of aromatic nitrogens is 1. The average molecular weight is 360 g/mol. The topological polar surface area (TPSA) is 55.6 Å². The van der Waals surface area contributed by atoms with Gasteiger partial charge in [-0.1, -0.05) is 35.5 Å². The van der Waals surface area contributed by atoms with Crippen molar-refractivity contribution in [2.75, 3.05) is 18.6 Å². The third-order valence-electron chi connectivity index (χ3n) is 5.65. The number of ether oxygens (including phenoxy) is 1. The SMILES string of the molecule is COc1cccc(-c2cc(C3(C(=O)N4CCc5ccccc54)CC3)no2)c1. The second-order valence-corrected chi connectivity index (χ2v) is 7.23. The Kier molecular flexibility index (Phi) is 3.57. The smallest absolute Gasteiger partial charge is 0.239 e. The molecule has 136 valence electrons. The van der Waals surface area contributed by atoms with E-state index in [1.807, 2.05) is 53.4 Å². The summed E-state index contributed by atoms with van der Waals surface area (Å²) in [4.78, 5) is 15.3. The van der Waals surface area contributed by atoms with Crippen molar-refractivity contribution in [2.24, 2.45) is 0 Å². The molecule has 0 atom stereocenters. The Labute approximate surface area is 157 Å². The zero-order chi connectivity index (χ0) is 18.4. The van der Waals surface area contributed by atoms with Gasteiger partial charge < -0.3 is 14.2 Å². The van der Waals surface area contributed by atoms with Crippen LogP contribution in [0.1, 0.15) is 24.1 Å². The van der Waals surface area contributed by atoms with E-state index in [1.165, 1.54) is 5.56 Å². The van der Waals surface area contributed by atoms with Gasteiger partial charge in [-0.25, -0.2) is 0 Å². The summed E-state index contributed by atoms with van der Waals surface area (Å²) in [6.07, 6.45) is 2.54. The van der Waals surface area contributed by atoms with Gasteiger partial charge in [-0.2, -0.15) is 0 Å². The summed E-state index contributed by atoms with van der Waals surface area (Å²) < 4.78 is 10.9. The third kappa shape index (κ3) is 2.53. The van der Waals surface area contributed by atoms with Gasteiger partial charge in [0.2, 0.25) is 5.91 Å². The molecule has 27 heavy (non-hydrogen) atoms. The van der Waals surface area contributed by atoms with Gasteiger partial charge >= 0.3 is 0 Å². The molecule has 0 bridgehead atoms. The number of fused-ring (bicyclic) bond motifs is 1. The van der Waals surface area contributed by atoms with Gasteiger partial charge in [-0.15, -0.1) is 0 Å². The van der Waals surface area contributed by atoms with Crippen molar-refractivity contribution in [3.05, 3.63) is 65.9 Å². The number of methoxy groups -OCH3 is 1. The largest absolute Gasteiger partial charge is 0.497 e. The van der Waals surface area contributed by atoms with E-state index in [1.54, 1.807) is 7.11 Å². The maximum atomic E-state index is 13.4. The number of amides is 1. The predicted molar refractivity (Wildman–Crippen MR) is 102 cm³/mol. The number of carbonyl (C=O) groups excluding carboxylic acids is 1. The Morgan fingerprint density at radius 1 is 1.15 bits per heavy atom. The van der Waals surface area contributed by atoms with Gasteiger partial charge in [0.25, 0.3) is 0 Å². The van der Waals surface area contributed by atoms with E-state index < -0.39 is 5.41 Å². The Bertz CT molecular complexity index is 1020. The molecule has 2 heterocycles. The van der Waals surface area contributed by atoms with Crippen LogP contribution in [0.15, 0.2) is 59.1 Å². The van der Waals surface area contributed by atoms with Crippen LogP contribution >= 0.6 is 0 Å². The molecule has 1 aromatic heterocycles. The van der Waals surface area contributed by atoms with Crippen LogP contribution in [-0.2, 0) is 16.6 Å². The highest BCUT2D eigenvalue weighted by atomic mass is 16.5. The first-order valence-electron chi connectivity index (χ1n) is 9.23. The standard InChI is InChI=1S/C22H20N2O3/c1-26-17-7-4-6-16(13-17)19-14-20(23-27-19)22(10-11-22)21(25)24-12-9-15-5-2-3-8-18(15)24/h2-8,13-14H,9-12H2,1H3. The van der Waals surface area contributed by atoms with Gasteiger partial charge in [0.15, 0.2) is 5.76 Å². The first kappa shape index (κ1) is 16.1. The molecule has 3 aromatic rings. The maximum Gasteiger partial charge on any atom is 0.239 e. The summed E-state index contributed by atoms with van der Waals surface area (Å²) in [5.41, 5.74) is 3.35. The van der Waals surface area contributed by atoms with Crippen molar-refractivity contribution in [1.82, 2.24) is 5.16 Å². The normalized spacial score (nSPS) is 16.9. The van der Waals surface area contributed by atoms with Crippen LogP contribution in [0, 0.1) is 0 Å². The number of hydrogen-bond donors (Lipinski definition) is 0. The molecule has 0 saturated heterocycles. The Morgan fingerprint density at radius 2 is 2.00 bits per heavy atom. The summed E-state index contributed by atoms with van der Waals surface area (Å²) >= 11 is 0. The number of anilines is 1. The van der Waals surface area contributed by atoms with Crippen molar-refractivity contribution in [3.8, 4) is 17.1 Å². The quantitative estimate of drug-likeness (QED) is 0.706. The number of nitrogens with zero attached hydrogens (tertiary/aromatic N) is 2. The molecular formula is C22H20N2O3. The van der Waals surface area contributed by atoms with E-state index in [0.717, 1.165) is 48.5 Å². The van der Waals surface area contributed by atoms with Gasteiger partial charge in [-0.3, -0.25) is 4.79 Å². The highest BCUT2D eigenvalue weighted by Gasteiger charge is 2.56. The predicted octanol–water partition coefficient (Wildman–Crippen LogP) is 3.97. The van der Waals surface area contributed by atoms with E-state index in [-0.39, 0.29) is 5.91 Å². The van der Waals surface area contributed by atoms with Gasteiger partial charge in [-0.05, 0) is 43.0 Å². The Hall–Kier alpha value is -3.08. The number of para-hydroxylation sites is 1. The van der Waals surface area contributed by atoms with Crippen molar-refractivity contribution < 1.29 is 14.1 Å². The molecule has 5 rings (SSSR count). The maximum absolute atomic E-state index is 13.4. The van der Waals surface area contributed by atoms with Crippen LogP contribution in [0.25, 0.3) is 11.3 Å². The zero-order valence-electron chi connectivity index (χ0n) is 15.1. The second kappa shape index (κ2) is 5.98. The molecule has 1 aliphatic heterocycles. The van der Waals surface area contributed by atoms with E-state index >= 15 is 0 Å². The first-order valence-corrected chi connectivity index (χ1v) is 9.23. The van der Waals surface area contributed by atoms with Crippen LogP contribution < -0.4 is 9.64 Å². The van der Waals surface area contributed by atoms with Crippen molar-refractivity contribution in [3.63, 3.8) is 0 Å². The lowest BCUT2D eigenvalue weighted by atomic mass is 9.99. The van der Waals surface area contributed by atoms with Crippen LogP contribution in [0.5, 0.6) is 5.75 Å². The van der Waals surface area contributed by atoms with Crippen molar-refractivity contribution >= 4 is 11.6 Å². The fraction of sp³-hybridized carbons (Fsp3) is 0.273. The molecule has 0 radical (unpaired) electrons. The van der Waals surface area contributed by atoms with E-state index in [0.29, 0.717) is 5.76 Å². The Balaban J connectivity index is 1.45. The molecule has 5 heteroatoms. The molecule has 2 aromatic carbocycles. The molecular weight excluding hydrogens is 340 g/mol. The molecule has 2 aliphatic rings. The highest BCUT2D eigenvalue weighted by Crippen LogP contribution is 2.51. The first-order chi connectivity index (χ1) is 13.2. The minimum Gasteiger partial charge on any atom is -0.497 e. The van der Waals surface area contributed by atoms with Crippen LogP contribution in [0.3, 0.4) is 0 Å². The number of rotatable bonds is 4. The van der Waals surface area contributed by atoms with Gasteiger partial charge in [0.1, 0.15) is 5.75 Å². The van der Waals surface area contributed by atoms with Gasteiger partial charge in [0, 0.05) is 23.9 Å². The fourth-order valence-electron chi connectivity index (χ4n) is 3.93. The van der Waals surface area contributed by atoms with Crippen LogP contribution in [0.4, 0.5) is 5.69 Å². The molecule has 1 aliphatic carbocycles. The number of hydrogen-bond acceptors (Lipinski definition) is 4. The summed E-state index contributed by atoms with van der Waals surface area (Å²) in [7, 11) is 1.64. The minimum atomic E-state index is -0.544. The third-order valence-corrected chi connectivity index (χ3v) is 5.65. The Morgan fingerprint density at radius 3 is 2.81 bits per heavy atom. The monoisotopic (exact) mass is 360 g/mol. The van der Waals surface area contributed by atoms with E-state index in [2.05, 4.69) is 11.2 Å². The lowest BCUT2D eigenvalue weighted by Gasteiger charge is -2.22. The van der Waals surface area contributed by atoms with Crippen LogP contribution in [-0.4, -0.2) is 24.7 Å².